The van der Waals surface area contributed by atoms with Crippen LogP contribution in [0.2, 0.25) is 0 Å². The van der Waals surface area contributed by atoms with Crippen LogP contribution < -0.4 is 19.6 Å². The minimum absolute atomic E-state index is 0.226. The molecule has 1 aliphatic rings. The highest BCUT2D eigenvalue weighted by atomic mass is 16.5. The summed E-state index contributed by atoms with van der Waals surface area (Å²) < 4.78 is 15.8. The third-order valence-corrected chi connectivity index (χ3v) is 2.96. The molecular weight excluding hydrogens is 260 g/mol. The highest BCUT2D eigenvalue weighted by Crippen LogP contribution is 2.38. The van der Waals surface area contributed by atoms with E-state index >= 15 is 0 Å². The number of benzene rings is 1. The van der Waals surface area contributed by atoms with Crippen molar-refractivity contribution >= 4 is 17.7 Å². The summed E-state index contributed by atoms with van der Waals surface area (Å²) in [6.45, 7) is 1.77. The van der Waals surface area contributed by atoms with Crippen LogP contribution in [0, 0.1) is 0 Å². The number of hydrogen-bond acceptors (Lipinski definition) is 5. The standard InChI is InChI=1S/C14H16N2O4/c1-8-10(14(17)16-15-8)5-9-6-11(18-2)13(20-4)12(7-9)19-3/h5-7H,1-4H3,(H,16,17)/b10-5-. The maximum absolute atomic E-state index is 11.6. The van der Waals surface area contributed by atoms with E-state index in [-0.39, 0.29) is 5.91 Å². The molecule has 0 aromatic heterocycles. The van der Waals surface area contributed by atoms with Crippen molar-refractivity contribution in [2.45, 2.75) is 6.92 Å². The first-order valence-electron chi connectivity index (χ1n) is 5.97. The largest absolute Gasteiger partial charge is 0.493 e. The predicted octanol–water partition coefficient (Wildman–Crippen LogP) is 1.60. The molecule has 2 rings (SSSR count). The zero-order valence-corrected chi connectivity index (χ0v) is 11.8. The molecule has 1 aromatic rings. The number of nitrogens with one attached hydrogen (secondary N) is 1. The molecule has 20 heavy (non-hydrogen) atoms. The maximum atomic E-state index is 11.6. The summed E-state index contributed by atoms with van der Waals surface area (Å²) >= 11 is 0. The van der Waals surface area contributed by atoms with Crippen LogP contribution in [0.1, 0.15) is 12.5 Å². The first-order valence-corrected chi connectivity index (χ1v) is 5.97. The maximum Gasteiger partial charge on any atom is 0.273 e. The van der Waals surface area contributed by atoms with Gasteiger partial charge in [0.15, 0.2) is 11.5 Å². The molecule has 1 heterocycles. The predicted molar refractivity (Wildman–Crippen MR) is 75.3 cm³/mol. The van der Waals surface area contributed by atoms with Crippen molar-refractivity contribution in [1.29, 1.82) is 0 Å². The van der Waals surface area contributed by atoms with Gasteiger partial charge in [0.25, 0.3) is 5.91 Å². The number of carbonyl (C=O) groups excluding carboxylic acids is 1. The van der Waals surface area contributed by atoms with Crippen LogP contribution in [0.25, 0.3) is 6.08 Å². The molecule has 0 saturated heterocycles. The second-order valence-corrected chi connectivity index (χ2v) is 4.15. The van der Waals surface area contributed by atoms with Gasteiger partial charge >= 0.3 is 0 Å². The zero-order chi connectivity index (χ0) is 14.7. The van der Waals surface area contributed by atoms with Gasteiger partial charge in [0.05, 0.1) is 32.6 Å². The van der Waals surface area contributed by atoms with E-state index in [4.69, 9.17) is 14.2 Å². The fourth-order valence-electron chi connectivity index (χ4n) is 1.94. The van der Waals surface area contributed by atoms with Gasteiger partial charge in [-0.1, -0.05) is 0 Å². The summed E-state index contributed by atoms with van der Waals surface area (Å²) in [6, 6.07) is 3.54. The lowest BCUT2D eigenvalue weighted by Gasteiger charge is -2.13. The summed E-state index contributed by atoms with van der Waals surface area (Å²) in [4.78, 5) is 11.6. The van der Waals surface area contributed by atoms with Crippen LogP contribution in [0.3, 0.4) is 0 Å². The molecule has 0 unspecified atom stereocenters. The topological polar surface area (TPSA) is 69.2 Å². The highest BCUT2D eigenvalue weighted by Gasteiger charge is 2.19. The zero-order valence-electron chi connectivity index (χ0n) is 11.8. The molecule has 6 nitrogen and oxygen atoms in total. The number of ether oxygens (including phenoxy) is 3. The van der Waals surface area contributed by atoms with Gasteiger partial charge in [-0.3, -0.25) is 4.79 Å². The van der Waals surface area contributed by atoms with Crippen molar-refractivity contribution < 1.29 is 19.0 Å². The Kier molecular flexibility index (Phi) is 3.93. The second-order valence-electron chi connectivity index (χ2n) is 4.15. The third kappa shape index (κ3) is 2.45. The number of amides is 1. The molecule has 1 N–H and O–H groups in total. The van der Waals surface area contributed by atoms with Crippen molar-refractivity contribution in [1.82, 2.24) is 5.43 Å². The van der Waals surface area contributed by atoms with E-state index in [2.05, 4.69) is 10.5 Å². The Bertz CT molecular complexity index is 580. The number of hydrogen-bond donors (Lipinski definition) is 1. The van der Waals surface area contributed by atoms with E-state index in [9.17, 15) is 4.79 Å². The molecule has 0 saturated carbocycles. The van der Waals surface area contributed by atoms with E-state index < -0.39 is 0 Å². The van der Waals surface area contributed by atoms with E-state index in [1.54, 1.807) is 46.5 Å². The molecule has 0 bridgehead atoms. The van der Waals surface area contributed by atoms with Gasteiger partial charge in [-0.05, 0) is 30.7 Å². The molecular formula is C14H16N2O4. The summed E-state index contributed by atoms with van der Waals surface area (Å²) in [6.07, 6.45) is 1.73. The van der Waals surface area contributed by atoms with Gasteiger partial charge in [-0.15, -0.1) is 0 Å². The first kappa shape index (κ1) is 13.9. The van der Waals surface area contributed by atoms with Crippen molar-refractivity contribution in [2.75, 3.05) is 21.3 Å². The molecule has 0 atom stereocenters. The molecule has 0 aliphatic carbocycles. The first-order chi connectivity index (χ1) is 9.60. The molecule has 106 valence electrons. The number of carbonyl (C=O) groups is 1. The van der Waals surface area contributed by atoms with Gasteiger partial charge in [0, 0.05) is 0 Å². The lowest BCUT2D eigenvalue weighted by molar-refractivity contribution is -0.116. The molecule has 0 radical (unpaired) electrons. The van der Waals surface area contributed by atoms with E-state index in [0.717, 1.165) is 5.56 Å². The Morgan fingerprint density at radius 1 is 1.10 bits per heavy atom. The Hall–Kier alpha value is -2.50. The summed E-state index contributed by atoms with van der Waals surface area (Å²) in [7, 11) is 4.63. The van der Waals surface area contributed by atoms with Crippen LogP contribution in [0.15, 0.2) is 22.8 Å². The quantitative estimate of drug-likeness (QED) is 0.848. The van der Waals surface area contributed by atoms with Crippen LogP contribution in [0.4, 0.5) is 0 Å². The molecule has 0 spiro atoms. The molecule has 1 amide bonds. The van der Waals surface area contributed by atoms with Gasteiger partial charge in [0.1, 0.15) is 0 Å². The van der Waals surface area contributed by atoms with E-state index in [1.807, 2.05) is 0 Å². The summed E-state index contributed by atoms with van der Waals surface area (Å²) in [5.74, 6) is 1.35. The minimum atomic E-state index is -0.226. The van der Waals surface area contributed by atoms with E-state index in [1.165, 1.54) is 0 Å². The second kappa shape index (κ2) is 5.64. The number of methoxy groups -OCH3 is 3. The van der Waals surface area contributed by atoms with Gasteiger partial charge in [-0.2, -0.15) is 5.10 Å². The van der Waals surface area contributed by atoms with Gasteiger partial charge in [-0.25, -0.2) is 5.43 Å². The Labute approximate surface area is 117 Å². The van der Waals surface area contributed by atoms with Gasteiger partial charge < -0.3 is 14.2 Å². The number of nitrogens with zero attached hydrogens (tertiary/aromatic N) is 1. The summed E-state index contributed by atoms with van der Waals surface area (Å²) in [5, 5.41) is 3.88. The van der Waals surface area contributed by atoms with E-state index in [0.29, 0.717) is 28.5 Å². The van der Waals surface area contributed by atoms with Crippen LogP contribution in [-0.2, 0) is 4.79 Å². The van der Waals surface area contributed by atoms with Crippen LogP contribution in [-0.4, -0.2) is 32.9 Å². The highest BCUT2D eigenvalue weighted by molar-refractivity contribution is 6.26. The Morgan fingerprint density at radius 3 is 2.10 bits per heavy atom. The van der Waals surface area contributed by atoms with Crippen molar-refractivity contribution in [3.63, 3.8) is 0 Å². The van der Waals surface area contributed by atoms with Crippen molar-refractivity contribution in [3.05, 3.63) is 23.3 Å². The third-order valence-electron chi connectivity index (χ3n) is 2.96. The monoisotopic (exact) mass is 276 g/mol. The number of hydrazone groups is 1. The lowest BCUT2D eigenvalue weighted by Crippen LogP contribution is -2.12. The molecule has 1 aromatic carbocycles. The average molecular weight is 276 g/mol. The lowest BCUT2D eigenvalue weighted by atomic mass is 10.1. The Balaban J connectivity index is 2.51. The van der Waals surface area contributed by atoms with Crippen LogP contribution in [0.5, 0.6) is 17.2 Å². The average Bonchev–Trinajstić information content (AvgIpc) is 2.77. The van der Waals surface area contributed by atoms with Gasteiger partial charge in [0.2, 0.25) is 5.75 Å². The summed E-state index contributed by atoms with van der Waals surface area (Å²) in [5.41, 5.74) is 4.33. The SMILES string of the molecule is COc1cc(/C=C2\C(=O)NN=C2C)cc(OC)c1OC. The Morgan fingerprint density at radius 2 is 1.70 bits per heavy atom. The normalized spacial score (nSPS) is 15.9. The van der Waals surface area contributed by atoms with Crippen molar-refractivity contribution in [3.8, 4) is 17.2 Å². The fourth-order valence-corrected chi connectivity index (χ4v) is 1.94. The van der Waals surface area contributed by atoms with Crippen LogP contribution >= 0.6 is 0 Å². The smallest absolute Gasteiger partial charge is 0.273 e. The molecule has 0 fully saturated rings. The minimum Gasteiger partial charge on any atom is -0.493 e. The number of rotatable bonds is 4. The van der Waals surface area contributed by atoms with Crippen molar-refractivity contribution in [2.24, 2.45) is 5.10 Å². The molecule has 6 heteroatoms. The fraction of sp³-hybridized carbons (Fsp3) is 0.286. The molecule has 1 aliphatic heterocycles.